The van der Waals surface area contributed by atoms with Gasteiger partial charge in [0, 0.05) is 11.1 Å². The van der Waals surface area contributed by atoms with Crippen molar-refractivity contribution in [3.8, 4) is 0 Å². The molecule has 0 amide bonds. The van der Waals surface area contributed by atoms with Gasteiger partial charge in [-0.05, 0) is 49.9 Å². The third-order valence-corrected chi connectivity index (χ3v) is 4.89. The first kappa shape index (κ1) is 16.9. The Morgan fingerprint density at radius 3 is 2.71 bits per heavy atom. The molecule has 1 aromatic rings. The largest absolute Gasteiger partial charge is 0.374 e. The van der Waals surface area contributed by atoms with Gasteiger partial charge in [0.05, 0.1) is 11.6 Å². The minimum atomic E-state index is -0.281. The van der Waals surface area contributed by atoms with Crippen LogP contribution in [0.15, 0.2) is 22.7 Å². The minimum Gasteiger partial charge on any atom is -0.374 e. The topological polar surface area (TPSA) is 47.3 Å². The van der Waals surface area contributed by atoms with Crippen LogP contribution in [0, 0.1) is 5.82 Å². The standard InChI is InChI=1S/C16H24BrFN2O/c1-2-21-16(8-4-3-5-9-16)15(20-19)11-12-10-13(17)6-7-14(12)18/h6-7,10,15,20H,2-5,8-9,11,19H2,1H3. The molecule has 1 aromatic carbocycles. The first-order chi connectivity index (χ1) is 10.1. The quantitative estimate of drug-likeness (QED) is 0.601. The van der Waals surface area contributed by atoms with E-state index < -0.39 is 0 Å². The van der Waals surface area contributed by atoms with Gasteiger partial charge in [0.15, 0.2) is 0 Å². The second kappa shape index (κ2) is 7.68. The number of ether oxygens (including phenoxy) is 1. The maximum Gasteiger partial charge on any atom is 0.126 e. The maximum atomic E-state index is 14.0. The monoisotopic (exact) mass is 358 g/mol. The van der Waals surface area contributed by atoms with E-state index in [4.69, 9.17) is 10.6 Å². The van der Waals surface area contributed by atoms with Crippen LogP contribution in [0.2, 0.25) is 0 Å². The van der Waals surface area contributed by atoms with E-state index in [0.717, 1.165) is 30.2 Å². The fourth-order valence-corrected chi connectivity index (χ4v) is 3.76. The van der Waals surface area contributed by atoms with E-state index in [9.17, 15) is 4.39 Å². The zero-order valence-electron chi connectivity index (χ0n) is 12.5. The molecule has 2 rings (SSSR count). The third-order valence-electron chi connectivity index (χ3n) is 4.40. The summed E-state index contributed by atoms with van der Waals surface area (Å²) in [5, 5.41) is 0. The Labute approximate surface area is 134 Å². The Bertz CT molecular complexity index is 458. The molecule has 0 aromatic heterocycles. The molecular weight excluding hydrogens is 335 g/mol. The highest BCUT2D eigenvalue weighted by Crippen LogP contribution is 2.36. The van der Waals surface area contributed by atoms with Gasteiger partial charge in [-0.15, -0.1) is 0 Å². The number of hydrogen-bond acceptors (Lipinski definition) is 3. The van der Waals surface area contributed by atoms with Gasteiger partial charge in [-0.2, -0.15) is 0 Å². The molecule has 0 bridgehead atoms. The number of benzene rings is 1. The van der Waals surface area contributed by atoms with Gasteiger partial charge >= 0.3 is 0 Å². The van der Waals surface area contributed by atoms with Crippen molar-refractivity contribution in [2.45, 2.75) is 57.1 Å². The number of halogens is 2. The molecule has 3 nitrogen and oxygen atoms in total. The van der Waals surface area contributed by atoms with Crippen molar-refractivity contribution in [1.82, 2.24) is 5.43 Å². The predicted octanol–water partition coefficient (Wildman–Crippen LogP) is 3.70. The van der Waals surface area contributed by atoms with Crippen molar-refractivity contribution in [3.05, 3.63) is 34.1 Å². The molecular formula is C16H24BrFN2O. The molecule has 1 saturated carbocycles. The summed E-state index contributed by atoms with van der Waals surface area (Å²) >= 11 is 3.40. The lowest BCUT2D eigenvalue weighted by atomic mass is 9.77. The van der Waals surface area contributed by atoms with Gasteiger partial charge in [0.2, 0.25) is 0 Å². The van der Waals surface area contributed by atoms with Crippen LogP contribution < -0.4 is 11.3 Å². The van der Waals surface area contributed by atoms with Crippen LogP contribution in [0.1, 0.15) is 44.6 Å². The summed E-state index contributed by atoms with van der Waals surface area (Å²) in [6, 6.07) is 4.94. The van der Waals surface area contributed by atoms with E-state index in [1.165, 1.54) is 12.5 Å². The lowest BCUT2D eigenvalue weighted by molar-refractivity contribution is -0.0899. The number of nitrogens with one attached hydrogen (secondary N) is 1. The molecule has 5 heteroatoms. The lowest BCUT2D eigenvalue weighted by Crippen LogP contribution is -2.57. The molecule has 0 radical (unpaired) electrons. The fourth-order valence-electron chi connectivity index (χ4n) is 3.35. The van der Waals surface area contributed by atoms with Crippen molar-refractivity contribution in [3.63, 3.8) is 0 Å². The highest BCUT2D eigenvalue weighted by atomic mass is 79.9. The molecule has 1 unspecified atom stereocenters. The summed E-state index contributed by atoms with van der Waals surface area (Å²) in [5.41, 5.74) is 3.27. The SMILES string of the molecule is CCOC1(C(Cc2cc(Br)ccc2F)NN)CCCCC1. The van der Waals surface area contributed by atoms with Crippen LogP contribution in [0.25, 0.3) is 0 Å². The maximum absolute atomic E-state index is 14.0. The van der Waals surface area contributed by atoms with Gasteiger partial charge in [0.25, 0.3) is 0 Å². The first-order valence-corrected chi connectivity index (χ1v) is 8.44. The van der Waals surface area contributed by atoms with Gasteiger partial charge in [-0.1, -0.05) is 35.2 Å². The number of hydrazine groups is 1. The summed E-state index contributed by atoms with van der Waals surface area (Å²) in [7, 11) is 0. The van der Waals surface area contributed by atoms with Gasteiger partial charge in [-0.3, -0.25) is 11.3 Å². The average molecular weight is 359 g/mol. The summed E-state index contributed by atoms with van der Waals surface area (Å²) < 4.78 is 21.0. The second-order valence-electron chi connectivity index (χ2n) is 5.72. The van der Waals surface area contributed by atoms with Crippen LogP contribution in [0.4, 0.5) is 4.39 Å². The summed E-state index contributed by atoms with van der Waals surface area (Å²) in [6.07, 6.45) is 5.99. The molecule has 3 N–H and O–H groups in total. The fraction of sp³-hybridized carbons (Fsp3) is 0.625. The highest BCUT2D eigenvalue weighted by molar-refractivity contribution is 9.10. The number of nitrogens with two attached hydrogens (primary N) is 1. The molecule has 0 aliphatic heterocycles. The van der Waals surface area contributed by atoms with E-state index in [1.54, 1.807) is 6.07 Å². The Morgan fingerprint density at radius 2 is 2.10 bits per heavy atom. The van der Waals surface area contributed by atoms with Crippen molar-refractivity contribution in [2.24, 2.45) is 5.84 Å². The molecule has 1 fully saturated rings. The smallest absolute Gasteiger partial charge is 0.126 e. The van der Waals surface area contributed by atoms with E-state index in [0.29, 0.717) is 18.6 Å². The van der Waals surface area contributed by atoms with E-state index in [2.05, 4.69) is 21.4 Å². The molecule has 1 aliphatic rings. The molecule has 0 spiro atoms. The molecule has 1 aliphatic carbocycles. The molecule has 118 valence electrons. The van der Waals surface area contributed by atoms with Crippen molar-refractivity contribution < 1.29 is 9.13 Å². The molecule has 0 heterocycles. The Hall–Kier alpha value is -0.490. The number of hydrogen-bond donors (Lipinski definition) is 2. The molecule has 1 atom stereocenters. The van der Waals surface area contributed by atoms with E-state index in [-0.39, 0.29) is 17.5 Å². The molecule has 21 heavy (non-hydrogen) atoms. The van der Waals surface area contributed by atoms with E-state index in [1.807, 2.05) is 13.0 Å². The van der Waals surface area contributed by atoms with Gasteiger partial charge in [-0.25, -0.2) is 4.39 Å². The van der Waals surface area contributed by atoms with Crippen LogP contribution >= 0.6 is 15.9 Å². The normalized spacial score (nSPS) is 19.4. The van der Waals surface area contributed by atoms with Gasteiger partial charge in [0.1, 0.15) is 5.82 Å². The van der Waals surface area contributed by atoms with Crippen molar-refractivity contribution >= 4 is 15.9 Å². The third kappa shape index (κ3) is 4.03. The Kier molecular flexibility index (Phi) is 6.17. The number of rotatable bonds is 6. The zero-order valence-corrected chi connectivity index (χ0v) is 14.1. The Balaban J connectivity index is 2.22. The first-order valence-electron chi connectivity index (χ1n) is 7.65. The summed E-state index contributed by atoms with van der Waals surface area (Å²) in [6.45, 7) is 2.66. The highest BCUT2D eigenvalue weighted by Gasteiger charge is 2.40. The summed E-state index contributed by atoms with van der Waals surface area (Å²) in [4.78, 5) is 0. The molecule has 0 saturated heterocycles. The Morgan fingerprint density at radius 1 is 1.38 bits per heavy atom. The van der Waals surface area contributed by atoms with Crippen LogP contribution in [-0.4, -0.2) is 18.2 Å². The van der Waals surface area contributed by atoms with Crippen LogP contribution in [0.3, 0.4) is 0 Å². The minimum absolute atomic E-state index is 0.0819. The lowest BCUT2D eigenvalue weighted by Gasteiger charge is -2.43. The van der Waals surface area contributed by atoms with Crippen LogP contribution in [0.5, 0.6) is 0 Å². The summed E-state index contributed by atoms with van der Waals surface area (Å²) in [5.74, 6) is 5.60. The van der Waals surface area contributed by atoms with Crippen LogP contribution in [-0.2, 0) is 11.2 Å². The predicted molar refractivity (Wildman–Crippen MR) is 86.4 cm³/mol. The average Bonchev–Trinajstić information content (AvgIpc) is 2.49. The van der Waals surface area contributed by atoms with Crippen molar-refractivity contribution in [1.29, 1.82) is 0 Å². The second-order valence-corrected chi connectivity index (χ2v) is 6.63. The van der Waals surface area contributed by atoms with E-state index >= 15 is 0 Å². The van der Waals surface area contributed by atoms with Gasteiger partial charge < -0.3 is 4.74 Å². The zero-order chi connectivity index (χ0) is 15.3. The van der Waals surface area contributed by atoms with Crippen molar-refractivity contribution in [2.75, 3.05) is 6.61 Å².